The molecule has 0 radical (unpaired) electrons. The smallest absolute Gasteiger partial charge is 0.160 e. The van der Waals surface area contributed by atoms with Crippen LogP contribution in [0.3, 0.4) is 0 Å². The van der Waals surface area contributed by atoms with Gasteiger partial charge in [-0.15, -0.1) is 22.7 Å². The van der Waals surface area contributed by atoms with Gasteiger partial charge in [-0.1, -0.05) is 0 Å². The lowest BCUT2D eigenvalue weighted by Gasteiger charge is -1.91. The molecule has 0 amide bonds. The number of imidazole rings is 1. The minimum absolute atomic E-state index is 0.582. The molecule has 0 aromatic carbocycles. The van der Waals surface area contributed by atoms with Crippen LogP contribution in [0.1, 0.15) is 5.01 Å². The van der Waals surface area contributed by atoms with Crippen LogP contribution in [0.25, 0.3) is 16.2 Å². The molecule has 76 valence electrons. The van der Waals surface area contributed by atoms with Gasteiger partial charge in [-0.3, -0.25) is 4.40 Å². The molecule has 4 nitrogen and oxygen atoms in total. The Morgan fingerprint density at radius 1 is 1.33 bits per heavy atom. The first-order chi connectivity index (χ1) is 7.25. The van der Waals surface area contributed by atoms with E-state index in [1.165, 1.54) is 0 Å². The number of rotatable bonds is 1. The number of hydrogen-bond acceptors (Lipinski definition) is 5. The summed E-state index contributed by atoms with van der Waals surface area (Å²) in [6.07, 6.45) is 1.74. The average molecular weight is 236 g/mol. The summed E-state index contributed by atoms with van der Waals surface area (Å²) in [5.74, 6) is 0.582. The van der Waals surface area contributed by atoms with E-state index in [9.17, 15) is 0 Å². The molecule has 0 spiro atoms. The molecule has 0 aliphatic heterocycles. The topological polar surface area (TPSA) is 56.2 Å². The molecular formula is C9H8N4S2. The van der Waals surface area contributed by atoms with E-state index in [2.05, 4.69) is 15.3 Å². The van der Waals surface area contributed by atoms with Crippen LogP contribution in [0.5, 0.6) is 0 Å². The van der Waals surface area contributed by atoms with Gasteiger partial charge in [-0.05, 0) is 6.92 Å². The van der Waals surface area contributed by atoms with E-state index in [0.717, 1.165) is 21.2 Å². The summed E-state index contributed by atoms with van der Waals surface area (Å²) in [4.78, 5) is 9.51. The minimum Gasteiger partial charge on any atom is -0.381 e. The van der Waals surface area contributed by atoms with Crippen molar-refractivity contribution in [3.05, 3.63) is 22.1 Å². The van der Waals surface area contributed by atoms with Crippen LogP contribution in [-0.2, 0) is 0 Å². The summed E-state index contributed by atoms with van der Waals surface area (Å²) in [5.41, 5.74) is 7.78. The van der Waals surface area contributed by atoms with Crippen molar-refractivity contribution in [1.29, 1.82) is 0 Å². The molecule has 3 aromatic heterocycles. The fourth-order valence-electron chi connectivity index (χ4n) is 1.47. The van der Waals surface area contributed by atoms with Gasteiger partial charge in [0.25, 0.3) is 0 Å². The molecule has 0 saturated heterocycles. The SMILES string of the molecule is Cc1nc(-c2csc3c(N)ncn23)cs1. The highest BCUT2D eigenvalue weighted by Crippen LogP contribution is 2.29. The van der Waals surface area contributed by atoms with E-state index in [1.54, 1.807) is 29.0 Å². The third-order valence-corrected chi connectivity index (χ3v) is 3.92. The number of thiazole rings is 2. The zero-order valence-corrected chi connectivity index (χ0v) is 9.60. The van der Waals surface area contributed by atoms with E-state index in [-0.39, 0.29) is 0 Å². The Hall–Kier alpha value is -1.40. The van der Waals surface area contributed by atoms with Gasteiger partial charge in [-0.2, -0.15) is 0 Å². The van der Waals surface area contributed by atoms with E-state index < -0.39 is 0 Å². The van der Waals surface area contributed by atoms with Gasteiger partial charge in [0.15, 0.2) is 5.82 Å². The summed E-state index contributed by atoms with van der Waals surface area (Å²) >= 11 is 3.24. The Balaban J connectivity index is 2.27. The van der Waals surface area contributed by atoms with Gasteiger partial charge in [0.2, 0.25) is 0 Å². The lowest BCUT2D eigenvalue weighted by molar-refractivity contribution is 1.16. The summed E-state index contributed by atoms with van der Waals surface area (Å²) in [6, 6.07) is 0. The molecule has 2 N–H and O–H groups in total. The molecule has 0 aliphatic carbocycles. The Morgan fingerprint density at radius 2 is 2.20 bits per heavy atom. The fourth-order valence-corrected chi connectivity index (χ4v) is 2.97. The molecular weight excluding hydrogens is 228 g/mol. The number of hydrogen-bond donors (Lipinski definition) is 1. The predicted molar refractivity (Wildman–Crippen MR) is 63.3 cm³/mol. The monoisotopic (exact) mass is 236 g/mol. The number of aromatic nitrogens is 3. The molecule has 0 atom stereocenters. The van der Waals surface area contributed by atoms with Gasteiger partial charge in [-0.25, -0.2) is 9.97 Å². The zero-order chi connectivity index (χ0) is 10.4. The minimum atomic E-state index is 0.582. The number of anilines is 1. The molecule has 3 heterocycles. The summed E-state index contributed by atoms with van der Waals surface area (Å²) < 4.78 is 1.98. The first-order valence-corrected chi connectivity index (χ1v) is 6.14. The first-order valence-electron chi connectivity index (χ1n) is 4.38. The fraction of sp³-hybridized carbons (Fsp3) is 0.111. The number of nitrogens with two attached hydrogens (primary N) is 1. The standard InChI is InChI=1S/C9H8N4S2/c1-5-12-6(2-14-5)7-3-15-9-8(10)11-4-13(7)9/h2-4H,10H2,1H3. The molecule has 3 aromatic rings. The summed E-state index contributed by atoms with van der Waals surface area (Å²) in [5, 5.41) is 5.17. The highest BCUT2D eigenvalue weighted by atomic mass is 32.1. The van der Waals surface area contributed by atoms with E-state index >= 15 is 0 Å². The van der Waals surface area contributed by atoms with Crippen LogP contribution >= 0.6 is 22.7 Å². The lowest BCUT2D eigenvalue weighted by Crippen LogP contribution is -1.84. The van der Waals surface area contributed by atoms with Gasteiger partial charge in [0, 0.05) is 10.8 Å². The zero-order valence-electron chi connectivity index (χ0n) is 7.97. The first kappa shape index (κ1) is 8.87. The number of nitrogens with zero attached hydrogens (tertiary/aromatic N) is 3. The van der Waals surface area contributed by atoms with Crippen LogP contribution in [-0.4, -0.2) is 14.4 Å². The lowest BCUT2D eigenvalue weighted by atomic mass is 10.4. The molecule has 0 bridgehead atoms. The third-order valence-electron chi connectivity index (χ3n) is 2.17. The van der Waals surface area contributed by atoms with Crippen molar-refractivity contribution in [2.75, 3.05) is 5.73 Å². The number of fused-ring (bicyclic) bond motifs is 1. The quantitative estimate of drug-likeness (QED) is 0.706. The molecule has 0 unspecified atom stereocenters. The molecule has 0 saturated carbocycles. The van der Waals surface area contributed by atoms with E-state index in [1.807, 2.05) is 16.7 Å². The van der Waals surface area contributed by atoms with E-state index in [0.29, 0.717) is 5.82 Å². The Bertz CT molecular complexity index is 619. The molecule has 0 aliphatic rings. The largest absolute Gasteiger partial charge is 0.381 e. The maximum atomic E-state index is 5.73. The Morgan fingerprint density at radius 3 is 2.93 bits per heavy atom. The van der Waals surface area contributed by atoms with Gasteiger partial charge >= 0.3 is 0 Å². The molecule has 6 heteroatoms. The molecule has 3 rings (SSSR count). The van der Waals surface area contributed by atoms with Crippen molar-refractivity contribution >= 4 is 33.3 Å². The van der Waals surface area contributed by atoms with E-state index in [4.69, 9.17) is 5.73 Å². The maximum absolute atomic E-state index is 5.73. The summed E-state index contributed by atoms with van der Waals surface area (Å²) in [7, 11) is 0. The van der Waals surface area contributed by atoms with Crippen molar-refractivity contribution in [3.8, 4) is 11.4 Å². The normalized spacial score (nSPS) is 11.3. The highest BCUT2D eigenvalue weighted by molar-refractivity contribution is 7.16. The van der Waals surface area contributed by atoms with Gasteiger partial charge < -0.3 is 5.73 Å². The van der Waals surface area contributed by atoms with Crippen molar-refractivity contribution in [2.45, 2.75) is 6.92 Å². The maximum Gasteiger partial charge on any atom is 0.160 e. The second kappa shape index (κ2) is 3.04. The predicted octanol–water partition coefficient (Wildman–Crippen LogP) is 2.41. The molecule has 0 fully saturated rings. The van der Waals surface area contributed by atoms with Gasteiger partial charge in [0.1, 0.15) is 11.2 Å². The Labute approximate surface area is 94.0 Å². The van der Waals surface area contributed by atoms with Crippen molar-refractivity contribution in [3.63, 3.8) is 0 Å². The number of aryl methyl sites for hydroxylation is 1. The second-order valence-electron chi connectivity index (χ2n) is 3.18. The van der Waals surface area contributed by atoms with Crippen LogP contribution in [0.2, 0.25) is 0 Å². The Kier molecular flexibility index (Phi) is 1.80. The molecule has 15 heavy (non-hydrogen) atoms. The average Bonchev–Trinajstić information content (AvgIpc) is 2.84. The van der Waals surface area contributed by atoms with Crippen LogP contribution in [0, 0.1) is 6.92 Å². The second-order valence-corrected chi connectivity index (χ2v) is 5.10. The van der Waals surface area contributed by atoms with Gasteiger partial charge in [0.05, 0.1) is 16.4 Å². The third kappa shape index (κ3) is 1.25. The van der Waals surface area contributed by atoms with Crippen LogP contribution < -0.4 is 5.73 Å². The highest BCUT2D eigenvalue weighted by Gasteiger charge is 2.11. The van der Waals surface area contributed by atoms with Crippen molar-refractivity contribution in [2.24, 2.45) is 0 Å². The van der Waals surface area contributed by atoms with Crippen LogP contribution in [0.15, 0.2) is 17.1 Å². The van der Waals surface area contributed by atoms with Crippen molar-refractivity contribution < 1.29 is 0 Å². The number of nitrogen functional groups attached to an aromatic ring is 1. The van der Waals surface area contributed by atoms with Crippen molar-refractivity contribution in [1.82, 2.24) is 14.4 Å². The summed E-state index contributed by atoms with van der Waals surface area (Å²) in [6.45, 7) is 2.00. The van der Waals surface area contributed by atoms with Crippen LogP contribution in [0.4, 0.5) is 5.82 Å².